The number of nitrogens with zero attached hydrogens (tertiary/aromatic N) is 2. The topological polar surface area (TPSA) is 72.2 Å². The number of rotatable bonds is 6. The highest BCUT2D eigenvalue weighted by molar-refractivity contribution is 6.30. The minimum atomic E-state index is -0.361. The summed E-state index contributed by atoms with van der Waals surface area (Å²) >= 11 is 5.87. The zero-order chi connectivity index (χ0) is 20.3. The van der Waals surface area contributed by atoms with E-state index in [-0.39, 0.29) is 23.9 Å². The van der Waals surface area contributed by atoms with Crippen molar-refractivity contribution in [1.82, 2.24) is 4.98 Å². The Bertz CT molecular complexity index is 930. The molecule has 0 amide bonds. The molecule has 0 N–H and O–H groups in total. The second-order valence-corrected chi connectivity index (χ2v) is 7.94. The summed E-state index contributed by atoms with van der Waals surface area (Å²) in [7, 11) is 0. The summed E-state index contributed by atoms with van der Waals surface area (Å²) in [6.45, 7) is 6.32. The maximum absolute atomic E-state index is 12.4. The van der Waals surface area contributed by atoms with Gasteiger partial charge in [0, 0.05) is 22.6 Å². The molecule has 3 rings (SSSR count). The van der Waals surface area contributed by atoms with Crippen LogP contribution in [0.2, 0.25) is 5.02 Å². The van der Waals surface area contributed by atoms with Crippen LogP contribution < -0.4 is 4.74 Å². The normalized spacial score (nSPS) is 14.8. The second kappa shape index (κ2) is 8.30. The van der Waals surface area contributed by atoms with Crippen molar-refractivity contribution < 1.29 is 14.3 Å². The van der Waals surface area contributed by atoms with Crippen molar-refractivity contribution in [3.05, 3.63) is 57.2 Å². The largest absolute Gasteiger partial charge is 0.468 e. The molecule has 28 heavy (non-hydrogen) atoms. The third-order valence-corrected chi connectivity index (χ3v) is 5.03. The van der Waals surface area contributed by atoms with Gasteiger partial charge in [-0.1, -0.05) is 24.9 Å². The maximum Gasteiger partial charge on any atom is 0.232 e. The lowest BCUT2D eigenvalue weighted by atomic mass is 9.87. The lowest BCUT2D eigenvalue weighted by Gasteiger charge is -2.33. The Labute approximate surface area is 170 Å². The fraction of sp³-hybridized carbons (Fsp3) is 0.409. The van der Waals surface area contributed by atoms with Gasteiger partial charge in [0.1, 0.15) is 11.6 Å². The van der Waals surface area contributed by atoms with Crippen LogP contribution in [-0.2, 0) is 24.2 Å². The first-order valence-corrected chi connectivity index (χ1v) is 9.72. The number of benzene rings is 1. The van der Waals surface area contributed by atoms with Crippen molar-refractivity contribution in [3.63, 3.8) is 0 Å². The third kappa shape index (κ3) is 4.35. The highest BCUT2D eigenvalue weighted by atomic mass is 35.5. The number of carbonyl (C=O) groups excluding carboxylic acids is 1. The number of pyridine rings is 1. The number of aromatic nitrogens is 1. The average Bonchev–Trinajstić information content (AvgIpc) is 2.66. The minimum absolute atomic E-state index is 0.187. The predicted molar refractivity (Wildman–Crippen MR) is 107 cm³/mol. The zero-order valence-corrected chi connectivity index (χ0v) is 17.1. The fourth-order valence-electron chi connectivity index (χ4n) is 3.33. The Kier molecular flexibility index (Phi) is 6.02. The SMILES string of the molecule is CCCc1nc(OCC(=O)c2ccc(Cl)cc2)c(C#N)c2c1COC(C)(C)C2. The standard InChI is InChI=1S/C22H23ClN2O3/c1-4-5-19-18-12-28-22(2,3)10-16(18)17(11-24)21(25-19)27-13-20(26)14-6-8-15(23)9-7-14/h6-9H,4-5,10,12-13H2,1-3H3. The number of halogens is 1. The number of Topliss-reactive ketones (excluding diaryl/α,β-unsaturated/α-hetero) is 1. The van der Waals surface area contributed by atoms with Crippen molar-refractivity contribution in [1.29, 1.82) is 5.26 Å². The van der Waals surface area contributed by atoms with Gasteiger partial charge in [-0.3, -0.25) is 4.79 Å². The van der Waals surface area contributed by atoms with Crippen molar-refractivity contribution in [2.45, 2.75) is 52.2 Å². The van der Waals surface area contributed by atoms with Crippen LogP contribution in [-0.4, -0.2) is 23.0 Å². The summed E-state index contributed by atoms with van der Waals surface area (Å²) in [6.07, 6.45) is 2.28. The minimum Gasteiger partial charge on any atom is -0.468 e. The molecule has 146 valence electrons. The third-order valence-electron chi connectivity index (χ3n) is 4.78. The molecule has 0 fully saturated rings. The number of ether oxygens (including phenoxy) is 2. The highest BCUT2D eigenvalue weighted by Crippen LogP contribution is 2.35. The van der Waals surface area contributed by atoms with Gasteiger partial charge in [-0.2, -0.15) is 5.26 Å². The Morgan fingerprint density at radius 1 is 1.32 bits per heavy atom. The Hall–Kier alpha value is -2.42. The van der Waals surface area contributed by atoms with Gasteiger partial charge in [0.25, 0.3) is 0 Å². The number of aryl methyl sites for hydroxylation is 1. The first-order valence-electron chi connectivity index (χ1n) is 9.35. The Morgan fingerprint density at radius 3 is 2.68 bits per heavy atom. The van der Waals surface area contributed by atoms with E-state index in [0.717, 1.165) is 29.7 Å². The summed E-state index contributed by atoms with van der Waals surface area (Å²) < 4.78 is 11.7. The van der Waals surface area contributed by atoms with Crippen molar-refractivity contribution in [2.75, 3.05) is 6.61 Å². The van der Waals surface area contributed by atoms with Crippen LogP contribution in [0.15, 0.2) is 24.3 Å². The Balaban J connectivity index is 1.92. The molecule has 0 bridgehead atoms. The molecule has 1 aromatic carbocycles. The van der Waals surface area contributed by atoms with Gasteiger partial charge in [0.05, 0.1) is 17.9 Å². The van der Waals surface area contributed by atoms with Crippen LogP contribution in [0.4, 0.5) is 0 Å². The van der Waals surface area contributed by atoms with Crippen molar-refractivity contribution >= 4 is 17.4 Å². The van der Waals surface area contributed by atoms with E-state index < -0.39 is 0 Å². The van der Waals surface area contributed by atoms with Gasteiger partial charge >= 0.3 is 0 Å². The van der Waals surface area contributed by atoms with Crippen LogP contribution in [0.25, 0.3) is 0 Å². The summed E-state index contributed by atoms with van der Waals surface area (Å²) in [4.78, 5) is 17.0. The number of ketones is 1. The molecular formula is C22H23ClN2O3. The molecule has 2 heterocycles. The quantitative estimate of drug-likeness (QED) is 0.661. The molecule has 0 aliphatic carbocycles. The molecule has 0 unspecified atom stereocenters. The van der Waals surface area contributed by atoms with Gasteiger partial charge in [-0.05, 0) is 50.1 Å². The lowest BCUT2D eigenvalue weighted by Crippen LogP contribution is -2.33. The van der Waals surface area contributed by atoms with E-state index in [0.29, 0.717) is 29.2 Å². The van der Waals surface area contributed by atoms with Crippen LogP contribution in [0.3, 0.4) is 0 Å². The van der Waals surface area contributed by atoms with E-state index in [2.05, 4.69) is 18.0 Å². The smallest absolute Gasteiger partial charge is 0.232 e. The van der Waals surface area contributed by atoms with Crippen molar-refractivity contribution in [2.24, 2.45) is 0 Å². The molecule has 0 saturated carbocycles. The monoisotopic (exact) mass is 398 g/mol. The molecular weight excluding hydrogens is 376 g/mol. The lowest BCUT2D eigenvalue weighted by molar-refractivity contribution is -0.0408. The molecule has 0 spiro atoms. The maximum atomic E-state index is 12.4. The average molecular weight is 399 g/mol. The van der Waals surface area contributed by atoms with E-state index in [1.807, 2.05) is 13.8 Å². The van der Waals surface area contributed by atoms with Gasteiger partial charge < -0.3 is 9.47 Å². The Morgan fingerprint density at radius 2 is 2.04 bits per heavy atom. The number of nitriles is 1. The number of hydrogen-bond donors (Lipinski definition) is 0. The first kappa shape index (κ1) is 20.3. The molecule has 0 radical (unpaired) electrons. The summed E-state index contributed by atoms with van der Waals surface area (Å²) in [5.74, 6) is 0.0329. The number of carbonyl (C=O) groups is 1. The van der Waals surface area contributed by atoms with Crippen LogP contribution in [0, 0.1) is 11.3 Å². The van der Waals surface area contributed by atoms with Gasteiger partial charge in [0.15, 0.2) is 12.4 Å². The van der Waals surface area contributed by atoms with Gasteiger partial charge in [-0.15, -0.1) is 0 Å². The molecule has 5 nitrogen and oxygen atoms in total. The molecule has 1 aliphatic heterocycles. The van der Waals surface area contributed by atoms with Crippen LogP contribution in [0.1, 0.15) is 59.9 Å². The second-order valence-electron chi connectivity index (χ2n) is 7.50. The summed E-state index contributed by atoms with van der Waals surface area (Å²) in [5, 5.41) is 10.3. The fourth-order valence-corrected chi connectivity index (χ4v) is 3.45. The van der Waals surface area contributed by atoms with Crippen LogP contribution in [0.5, 0.6) is 5.88 Å². The highest BCUT2D eigenvalue weighted by Gasteiger charge is 2.32. The summed E-state index contributed by atoms with van der Waals surface area (Å²) in [6, 6.07) is 8.86. The van der Waals surface area contributed by atoms with E-state index in [1.54, 1.807) is 24.3 Å². The van der Waals surface area contributed by atoms with Crippen LogP contribution >= 0.6 is 11.6 Å². The molecule has 0 saturated heterocycles. The van der Waals surface area contributed by atoms with E-state index >= 15 is 0 Å². The first-order chi connectivity index (χ1) is 13.3. The predicted octanol–water partition coefficient (Wildman–Crippen LogP) is 4.67. The molecule has 1 aliphatic rings. The zero-order valence-electron chi connectivity index (χ0n) is 16.3. The van der Waals surface area contributed by atoms with Gasteiger partial charge in [-0.25, -0.2) is 4.98 Å². The van der Waals surface area contributed by atoms with E-state index in [4.69, 9.17) is 21.1 Å². The number of fused-ring (bicyclic) bond motifs is 1. The molecule has 6 heteroatoms. The van der Waals surface area contributed by atoms with E-state index in [9.17, 15) is 10.1 Å². The molecule has 1 aromatic heterocycles. The molecule has 2 aromatic rings. The van der Waals surface area contributed by atoms with E-state index in [1.165, 1.54) is 0 Å². The summed E-state index contributed by atoms with van der Waals surface area (Å²) in [5.41, 5.74) is 3.32. The van der Waals surface area contributed by atoms with Gasteiger partial charge in [0.2, 0.25) is 5.88 Å². The van der Waals surface area contributed by atoms with Crippen molar-refractivity contribution in [3.8, 4) is 11.9 Å². The molecule has 0 atom stereocenters. The number of hydrogen-bond acceptors (Lipinski definition) is 5.